The number of halogens is 2. The summed E-state index contributed by atoms with van der Waals surface area (Å²) < 4.78 is 56.0. The highest BCUT2D eigenvalue weighted by Crippen LogP contribution is 2.32. The van der Waals surface area contributed by atoms with Crippen LogP contribution < -0.4 is 9.46 Å². The van der Waals surface area contributed by atoms with E-state index in [1.807, 2.05) is 10.8 Å². The van der Waals surface area contributed by atoms with Gasteiger partial charge in [0.2, 0.25) is 5.91 Å². The number of nitrogens with zero attached hydrogens (tertiary/aromatic N) is 1. The molecular formula is C20H20F2N2O5S. The van der Waals surface area contributed by atoms with Crippen LogP contribution in [0.4, 0.5) is 8.78 Å². The van der Waals surface area contributed by atoms with Gasteiger partial charge >= 0.3 is 6.61 Å². The fraction of sp³-hybridized carbons (Fsp3) is 0.300. The van der Waals surface area contributed by atoms with E-state index in [9.17, 15) is 26.8 Å². The van der Waals surface area contributed by atoms with Crippen molar-refractivity contribution in [1.29, 1.82) is 0 Å². The summed E-state index contributed by atoms with van der Waals surface area (Å²) in [6.45, 7) is -1.30. The molecule has 160 valence electrons. The fourth-order valence-electron chi connectivity index (χ4n) is 3.17. The van der Waals surface area contributed by atoms with Crippen LogP contribution in [0.15, 0.2) is 59.5 Å². The molecule has 1 saturated heterocycles. The predicted molar refractivity (Wildman–Crippen MR) is 103 cm³/mol. The van der Waals surface area contributed by atoms with Crippen molar-refractivity contribution in [3.63, 3.8) is 0 Å². The summed E-state index contributed by atoms with van der Waals surface area (Å²) in [7, 11) is -4.35. The number of hydrogen-bond acceptors (Lipinski definition) is 5. The molecule has 1 aliphatic heterocycles. The predicted octanol–water partition coefficient (Wildman–Crippen LogP) is 2.33. The Morgan fingerprint density at radius 2 is 1.87 bits per heavy atom. The molecule has 0 spiro atoms. The minimum Gasteiger partial charge on any atom is -0.435 e. The number of hydrogen-bond donors (Lipinski definition) is 1. The minimum atomic E-state index is -4.35. The van der Waals surface area contributed by atoms with Crippen LogP contribution in [0.3, 0.4) is 0 Å². The Hall–Kier alpha value is -3.01. The number of carbonyl (C=O) groups is 2. The first kappa shape index (κ1) is 21.7. The first-order chi connectivity index (χ1) is 14.1. The monoisotopic (exact) mass is 438 g/mol. The van der Waals surface area contributed by atoms with Crippen LogP contribution in [0.2, 0.25) is 0 Å². The van der Waals surface area contributed by atoms with E-state index in [0.717, 1.165) is 17.7 Å². The summed E-state index contributed by atoms with van der Waals surface area (Å²) in [6, 6.07) is 13.4. The summed E-state index contributed by atoms with van der Waals surface area (Å²) in [6.07, 6.45) is 0.382. The smallest absolute Gasteiger partial charge is 0.387 e. The number of carbonyl (C=O) groups excluding carboxylic acids is 2. The molecule has 1 fully saturated rings. The molecule has 3 rings (SSSR count). The van der Waals surface area contributed by atoms with Crippen LogP contribution in [0.5, 0.6) is 5.75 Å². The molecule has 0 radical (unpaired) electrons. The van der Waals surface area contributed by atoms with Crippen LogP contribution >= 0.6 is 0 Å². The van der Waals surface area contributed by atoms with Gasteiger partial charge in [0.1, 0.15) is 11.3 Å². The molecule has 0 bridgehead atoms. The average Bonchev–Trinajstić information content (AvgIpc) is 2.66. The summed E-state index contributed by atoms with van der Waals surface area (Å²) in [5.74, 6) is -1.51. The van der Waals surface area contributed by atoms with E-state index in [0.29, 0.717) is 13.0 Å². The zero-order valence-corrected chi connectivity index (χ0v) is 16.9. The highest BCUT2D eigenvalue weighted by molar-refractivity contribution is 7.90. The van der Waals surface area contributed by atoms with E-state index < -0.39 is 33.0 Å². The molecule has 1 heterocycles. The molecule has 10 heteroatoms. The van der Waals surface area contributed by atoms with Crippen molar-refractivity contribution in [3.05, 3.63) is 60.2 Å². The second kappa shape index (κ2) is 8.39. The van der Waals surface area contributed by atoms with E-state index in [4.69, 9.17) is 0 Å². The number of alkyl halides is 2. The third-order valence-electron chi connectivity index (χ3n) is 4.97. The minimum absolute atomic E-state index is 0.0868. The van der Waals surface area contributed by atoms with Crippen molar-refractivity contribution < 1.29 is 31.5 Å². The Kier molecular flexibility index (Phi) is 6.06. The van der Waals surface area contributed by atoms with Gasteiger partial charge in [-0.2, -0.15) is 8.78 Å². The summed E-state index contributed by atoms with van der Waals surface area (Å²) in [4.78, 5) is 26.3. The molecular weight excluding hydrogens is 418 g/mol. The number of nitrogens with one attached hydrogen (secondary N) is 1. The molecule has 7 nitrogen and oxygen atoms in total. The van der Waals surface area contributed by atoms with Crippen molar-refractivity contribution in [1.82, 2.24) is 9.62 Å². The molecule has 0 aliphatic carbocycles. The Bertz CT molecular complexity index is 1050. The maximum absolute atomic E-state index is 12.7. The second-order valence-corrected chi connectivity index (χ2v) is 8.70. The van der Waals surface area contributed by atoms with Gasteiger partial charge in [-0.3, -0.25) is 9.59 Å². The molecule has 1 atom stereocenters. The molecule has 1 unspecified atom stereocenters. The standard InChI is InChI=1S/C20H20F2N2O5S/c1-20(10-11-24(20)17(25)12-14-6-3-2-4-7-14)18(26)23-30(27,28)16-9-5-8-15(13-16)29-19(21)22/h2-9,13,19H,10-12H2,1H3,(H,23,26). The lowest BCUT2D eigenvalue weighted by Gasteiger charge is -2.49. The van der Waals surface area contributed by atoms with Gasteiger partial charge in [-0.05, 0) is 31.0 Å². The molecule has 2 aromatic rings. The summed E-state index contributed by atoms with van der Waals surface area (Å²) in [5, 5.41) is 0. The Morgan fingerprint density at radius 1 is 1.17 bits per heavy atom. The third kappa shape index (κ3) is 4.59. The second-order valence-electron chi connectivity index (χ2n) is 7.02. The van der Waals surface area contributed by atoms with Crippen LogP contribution in [-0.4, -0.2) is 43.8 Å². The van der Waals surface area contributed by atoms with E-state index in [2.05, 4.69) is 4.74 Å². The Morgan fingerprint density at radius 3 is 2.47 bits per heavy atom. The maximum Gasteiger partial charge on any atom is 0.387 e. The molecule has 0 aromatic heterocycles. The molecule has 2 aromatic carbocycles. The summed E-state index contributed by atoms with van der Waals surface area (Å²) >= 11 is 0. The normalized spacial score (nSPS) is 18.6. The number of amides is 2. The van der Waals surface area contributed by atoms with Crippen molar-refractivity contribution in [2.75, 3.05) is 6.54 Å². The van der Waals surface area contributed by atoms with E-state index in [1.165, 1.54) is 24.0 Å². The van der Waals surface area contributed by atoms with E-state index in [1.54, 1.807) is 24.3 Å². The van der Waals surface area contributed by atoms with Gasteiger partial charge in [0, 0.05) is 12.6 Å². The first-order valence-corrected chi connectivity index (χ1v) is 10.6. The fourth-order valence-corrected chi connectivity index (χ4v) is 4.28. The average molecular weight is 438 g/mol. The van der Waals surface area contributed by atoms with Crippen LogP contribution in [0, 0.1) is 0 Å². The number of sulfonamides is 1. The van der Waals surface area contributed by atoms with Crippen LogP contribution in [0.25, 0.3) is 0 Å². The molecule has 0 saturated carbocycles. The molecule has 30 heavy (non-hydrogen) atoms. The highest BCUT2D eigenvalue weighted by Gasteiger charge is 2.50. The lowest BCUT2D eigenvalue weighted by Crippen LogP contribution is -2.68. The highest BCUT2D eigenvalue weighted by atomic mass is 32.2. The van der Waals surface area contributed by atoms with E-state index in [-0.39, 0.29) is 18.1 Å². The summed E-state index contributed by atoms with van der Waals surface area (Å²) in [5.41, 5.74) is -0.545. The topological polar surface area (TPSA) is 92.8 Å². The molecule has 1 N–H and O–H groups in total. The van der Waals surface area contributed by atoms with Gasteiger partial charge < -0.3 is 9.64 Å². The van der Waals surface area contributed by atoms with Crippen molar-refractivity contribution in [2.24, 2.45) is 0 Å². The van der Waals surface area contributed by atoms with Crippen LogP contribution in [-0.2, 0) is 26.0 Å². The van der Waals surface area contributed by atoms with Gasteiger partial charge in [-0.1, -0.05) is 36.4 Å². The lowest BCUT2D eigenvalue weighted by atomic mass is 9.85. The molecule has 2 amide bonds. The zero-order chi connectivity index (χ0) is 21.9. The largest absolute Gasteiger partial charge is 0.435 e. The lowest BCUT2D eigenvalue weighted by molar-refractivity contribution is -0.156. The number of benzene rings is 2. The number of likely N-dealkylation sites (tertiary alicyclic amines) is 1. The SMILES string of the molecule is CC1(C(=O)NS(=O)(=O)c2cccc(OC(F)F)c2)CCN1C(=O)Cc1ccccc1. The van der Waals surface area contributed by atoms with Crippen LogP contribution in [0.1, 0.15) is 18.9 Å². The quantitative estimate of drug-likeness (QED) is 0.716. The van der Waals surface area contributed by atoms with Gasteiger partial charge in [0.15, 0.2) is 0 Å². The number of rotatable bonds is 7. The van der Waals surface area contributed by atoms with Gasteiger partial charge in [-0.25, -0.2) is 13.1 Å². The third-order valence-corrected chi connectivity index (χ3v) is 6.30. The van der Waals surface area contributed by atoms with Crippen molar-refractivity contribution in [3.8, 4) is 5.75 Å². The first-order valence-electron chi connectivity index (χ1n) is 9.08. The van der Waals surface area contributed by atoms with Crippen molar-refractivity contribution in [2.45, 2.75) is 36.8 Å². The molecule has 1 aliphatic rings. The van der Waals surface area contributed by atoms with E-state index >= 15 is 0 Å². The van der Waals surface area contributed by atoms with Gasteiger partial charge in [0.05, 0.1) is 11.3 Å². The van der Waals surface area contributed by atoms with Gasteiger partial charge in [-0.15, -0.1) is 0 Å². The zero-order valence-electron chi connectivity index (χ0n) is 16.0. The van der Waals surface area contributed by atoms with Crippen molar-refractivity contribution >= 4 is 21.8 Å². The maximum atomic E-state index is 12.7. The van der Waals surface area contributed by atoms with Gasteiger partial charge in [0.25, 0.3) is 15.9 Å². The Labute approximate surface area is 172 Å². The Balaban J connectivity index is 1.72. The number of ether oxygens (including phenoxy) is 1.